The van der Waals surface area contributed by atoms with Gasteiger partial charge < -0.3 is 29.4 Å². The first-order valence-electron chi connectivity index (χ1n) is 13.7. The lowest BCUT2D eigenvalue weighted by Gasteiger charge is -2.31. The van der Waals surface area contributed by atoms with Gasteiger partial charge in [0.2, 0.25) is 5.90 Å². The molecule has 10 nitrogen and oxygen atoms in total. The van der Waals surface area contributed by atoms with Crippen LogP contribution in [0.5, 0.6) is 5.75 Å². The molecule has 0 aliphatic carbocycles. The number of carbonyl (C=O) groups excluding carboxylic acids is 1. The summed E-state index contributed by atoms with van der Waals surface area (Å²) in [6, 6.07) is 22.4. The first kappa shape index (κ1) is 32.6. The van der Waals surface area contributed by atoms with E-state index in [1.165, 1.54) is 26.4 Å². The number of nitrogens with zero attached hydrogens (tertiary/aromatic N) is 1. The third kappa shape index (κ3) is 7.81. The molecule has 3 aromatic rings. The molecule has 1 heterocycles. The van der Waals surface area contributed by atoms with Crippen molar-refractivity contribution in [3.05, 3.63) is 94.5 Å². The maximum atomic E-state index is 14.2. The van der Waals surface area contributed by atoms with E-state index in [4.69, 9.17) is 29.0 Å². The van der Waals surface area contributed by atoms with Gasteiger partial charge in [-0.3, -0.25) is 4.79 Å². The van der Waals surface area contributed by atoms with Gasteiger partial charge in [-0.1, -0.05) is 52.3 Å². The summed E-state index contributed by atoms with van der Waals surface area (Å²) in [5.74, 6) is -0.109. The second-order valence-corrected chi connectivity index (χ2v) is 12.8. The van der Waals surface area contributed by atoms with E-state index in [1.54, 1.807) is 42.5 Å². The highest BCUT2D eigenvalue weighted by molar-refractivity contribution is 9.10. The summed E-state index contributed by atoms with van der Waals surface area (Å²) in [6.45, 7) is 0.395. The lowest BCUT2D eigenvalue weighted by Crippen LogP contribution is -2.51. The highest BCUT2D eigenvalue weighted by atomic mass is 79.9. The Morgan fingerprint density at radius 3 is 2.37 bits per heavy atom. The summed E-state index contributed by atoms with van der Waals surface area (Å²) < 4.78 is 50.1. The molecule has 1 aliphatic rings. The minimum Gasteiger partial charge on any atom is -0.494 e. The normalized spacial score (nSPS) is 18.3. The van der Waals surface area contributed by atoms with Crippen molar-refractivity contribution < 1.29 is 37.3 Å². The standard InChI is InChI=1S/C31H35BrN2O8S/c1-39-27(40-2)21-33-30(36)31(17-20-43(37,38)24-9-4-3-5-10-24)28(25-11-6-7-12-26(25)32)42-29(34-31)22-13-15-23(16-14-22)41-19-8-18-35/h3-7,9-16,27-28,35H,8,17-21H2,1-2H3,(H,33,36)/t28-,31-/m1/s1. The number of methoxy groups -OCH3 is 2. The van der Waals surface area contributed by atoms with Crippen molar-refractivity contribution in [2.24, 2.45) is 4.99 Å². The van der Waals surface area contributed by atoms with Crippen molar-refractivity contribution in [3.8, 4) is 5.75 Å². The van der Waals surface area contributed by atoms with Crippen LogP contribution in [0.2, 0.25) is 0 Å². The Morgan fingerprint density at radius 2 is 1.72 bits per heavy atom. The molecule has 0 saturated heterocycles. The first-order chi connectivity index (χ1) is 20.7. The molecule has 43 heavy (non-hydrogen) atoms. The number of ether oxygens (including phenoxy) is 4. The molecule has 2 N–H and O–H groups in total. The molecule has 0 fully saturated rings. The van der Waals surface area contributed by atoms with Gasteiger partial charge in [0.1, 0.15) is 5.75 Å². The third-order valence-electron chi connectivity index (χ3n) is 7.03. The minimum atomic E-state index is -3.77. The highest BCUT2D eigenvalue weighted by Gasteiger charge is 2.54. The Morgan fingerprint density at radius 1 is 1.05 bits per heavy atom. The maximum Gasteiger partial charge on any atom is 0.252 e. The lowest BCUT2D eigenvalue weighted by atomic mass is 9.85. The van der Waals surface area contributed by atoms with Gasteiger partial charge in [0, 0.05) is 49.3 Å². The van der Waals surface area contributed by atoms with Crippen molar-refractivity contribution in [2.45, 2.75) is 35.7 Å². The van der Waals surface area contributed by atoms with Crippen LogP contribution in [0.25, 0.3) is 0 Å². The number of halogens is 1. The molecule has 230 valence electrons. The van der Waals surface area contributed by atoms with Crippen LogP contribution in [-0.4, -0.2) is 76.9 Å². The monoisotopic (exact) mass is 674 g/mol. The quantitative estimate of drug-likeness (QED) is 0.182. The number of carbonyl (C=O) groups is 1. The van der Waals surface area contributed by atoms with Gasteiger partial charge in [0.15, 0.2) is 27.8 Å². The van der Waals surface area contributed by atoms with Crippen LogP contribution in [0.1, 0.15) is 30.1 Å². The minimum absolute atomic E-state index is 0.00638. The van der Waals surface area contributed by atoms with Crippen LogP contribution in [0.3, 0.4) is 0 Å². The zero-order valence-electron chi connectivity index (χ0n) is 23.9. The average Bonchev–Trinajstić information content (AvgIpc) is 3.42. The molecule has 4 rings (SSSR count). The molecular formula is C31H35BrN2O8S. The summed E-state index contributed by atoms with van der Waals surface area (Å²) >= 11 is 3.58. The predicted octanol–water partition coefficient (Wildman–Crippen LogP) is 4.07. The van der Waals surface area contributed by atoms with Crippen molar-refractivity contribution in [2.75, 3.05) is 39.7 Å². The first-order valence-corrected chi connectivity index (χ1v) is 16.2. The molecule has 0 spiro atoms. The number of amides is 1. The topological polar surface area (TPSA) is 133 Å². The Labute approximate surface area is 260 Å². The molecule has 0 aromatic heterocycles. The smallest absolute Gasteiger partial charge is 0.252 e. The second-order valence-electron chi connectivity index (χ2n) is 9.80. The van der Waals surface area contributed by atoms with E-state index in [9.17, 15) is 13.2 Å². The second kappa shape index (κ2) is 14.9. The average molecular weight is 676 g/mol. The molecule has 2 atom stereocenters. The van der Waals surface area contributed by atoms with E-state index in [0.29, 0.717) is 34.4 Å². The van der Waals surface area contributed by atoms with Crippen LogP contribution < -0.4 is 10.1 Å². The fourth-order valence-electron chi connectivity index (χ4n) is 4.66. The van der Waals surface area contributed by atoms with E-state index in [2.05, 4.69) is 21.2 Å². The maximum absolute atomic E-state index is 14.2. The number of sulfone groups is 1. The highest BCUT2D eigenvalue weighted by Crippen LogP contribution is 2.45. The van der Waals surface area contributed by atoms with E-state index in [-0.39, 0.29) is 36.1 Å². The Bertz CT molecular complexity index is 1500. The fraction of sp³-hybridized carbons (Fsp3) is 0.355. The molecule has 12 heteroatoms. The number of hydrogen-bond acceptors (Lipinski definition) is 9. The van der Waals surface area contributed by atoms with Gasteiger partial charge in [-0.05, 0) is 42.5 Å². The molecule has 3 aromatic carbocycles. The number of aliphatic hydroxyl groups excluding tert-OH is 1. The van der Waals surface area contributed by atoms with Gasteiger partial charge in [0.05, 0.1) is 23.8 Å². The summed E-state index contributed by atoms with van der Waals surface area (Å²) in [5, 5.41) is 11.9. The summed E-state index contributed by atoms with van der Waals surface area (Å²) in [6.07, 6.45) is -1.35. The van der Waals surface area contributed by atoms with Gasteiger partial charge in [0.25, 0.3) is 5.91 Å². The number of aliphatic hydroxyl groups is 1. The number of benzene rings is 3. The lowest BCUT2D eigenvalue weighted by molar-refractivity contribution is -0.134. The SMILES string of the molecule is COC(CNC(=O)[C@]1(CCS(=O)(=O)c2ccccc2)N=C(c2ccc(OCCCO)cc2)O[C@@H]1c1ccccc1Br)OC. The zero-order valence-corrected chi connectivity index (χ0v) is 26.3. The summed E-state index contributed by atoms with van der Waals surface area (Å²) in [7, 11) is -0.861. The Kier molecular flexibility index (Phi) is 11.3. The van der Waals surface area contributed by atoms with Crippen LogP contribution in [-0.2, 0) is 28.8 Å². The molecule has 0 bridgehead atoms. The van der Waals surface area contributed by atoms with Gasteiger partial charge in [-0.25, -0.2) is 13.4 Å². The zero-order chi connectivity index (χ0) is 30.9. The molecule has 0 unspecified atom stereocenters. The number of aliphatic imine (C=N–C) groups is 1. The predicted molar refractivity (Wildman–Crippen MR) is 165 cm³/mol. The van der Waals surface area contributed by atoms with Crippen LogP contribution in [0, 0.1) is 0 Å². The Hall–Kier alpha value is -3.29. The number of nitrogens with one attached hydrogen (secondary N) is 1. The van der Waals surface area contributed by atoms with Gasteiger partial charge in [-0.15, -0.1) is 0 Å². The van der Waals surface area contributed by atoms with E-state index >= 15 is 0 Å². The van der Waals surface area contributed by atoms with Crippen molar-refractivity contribution in [3.63, 3.8) is 0 Å². The molecule has 0 radical (unpaired) electrons. The fourth-order valence-corrected chi connectivity index (χ4v) is 6.54. The van der Waals surface area contributed by atoms with Crippen molar-refractivity contribution in [1.82, 2.24) is 5.32 Å². The molecule has 0 saturated carbocycles. The molecular weight excluding hydrogens is 640 g/mol. The van der Waals surface area contributed by atoms with Gasteiger partial charge in [-0.2, -0.15) is 0 Å². The van der Waals surface area contributed by atoms with E-state index in [0.717, 1.165) is 0 Å². The largest absolute Gasteiger partial charge is 0.494 e. The number of hydrogen-bond donors (Lipinski definition) is 2. The molecule has 1 amide bonds. The number of rotatable bonds is 15. The van der Waals surface area contributed by atoms with E-state index < -0.39 is 33.7 Å². The van der Waals surface area contributed by atoms with Crippen molar-refractivity contribution >= 4 is 37.6 Å². The molecule has 1 aliphatic heterocycles. The summed E-state index contributed by atoms with van der Waals surface area (Å²) in [4.78, 5) is 19.2. The van der Waals surface area contributed by atoms with Crippen LogP contribution in [0.4, 0.5) is 0 Å². The van der Waals surface area contributed by atoms with Crippen LogP contribution >= 0.6 is 15.9 Å². The van der Waals surface area contributed by atoms with Gasteiger partial charge >= 0.3 is 0 Å². The summed E-state index contributed by atoms with van der Waals surface area (Å²) in [5.41, 5.74) is -0.449. The van der Waals surface area contributed by atoms with Crippen LogP contribution in [0.15, 0.2) is 93.2 Å². The van der Waals surface area contributed by atoms with Crippen molar-refractivity contribution in [1.29, 1.82) is 0 Å². The third-order valence-corrected chi connectivity index (χ3v) is 9.48. The van der Waals surface area contributed by atoms with E-state index in [1.807, 2.05) is 24.3 Å². The Balaban J connectivity index is 1.77.